The van der Waals surface area contributed by atoms with Crippen molar-refractivity contribution in [2.45, 2.75) is 38.4 Å². The normalized spacial score (nSPS) is 15.6. The molecule has 1 heterocycles. The zero-order valence-corrected chi connectivity index (χ0v) is 12.9. The average molecular weight is 338 g/mol. The van der Waals surface area contributed by atoms with Crippen LogP contribution in [0.1, 0.15) is 37.0 Å². The Hall–Kier alpha value is -2.31. The second-order valence-electron chi connectivity index (χ2n) is 5.92. The van der Waals surface area contributed by atoms with Gasteiger partial charge in [0.1, 0.15) is 5.69 Å². The Kier molecular flexibility index (Phi) is 4.59. The first-order valence-corrected chi connectivity index (χ1v) is 7.85. The van der Waals surface area contributed by atoms with Gasteiger partial charge in [0, 0.05) is 17.5 Å². The highest BCUT2D eigenvalue weighted by Gasteiger charge is 2.34. The van der Waals surface area contributed by atoms with Gasteiger partial charge in [0.2, 0.25) is 5.91 Å². The number of nitrogens with zero attached hydrogens (tertiary/aromatic N) is 1. The highest BCUT2D eigenvalue weighted by molar-refractivity contribution is 5.78. The number of nitrogens with one attached hydrogen (secondary N) is 1. The number of amides is 1. The summed E-state index contributed by atoms with van der Waals surface area (Å²) in [6.45, 7) is 0.122. The molecule has 1 fully saturated rings. The fraction of sp³-hybridized carbons (Fsp3) is 0.412. The van der Waals surface area contributed by atoms with E-state index in [4.69, 9.17) is 4.52 Å². The van der Waals surface area contributed by atoms with Crippen LogP contribution in [0.3, 0.4) is 0 Å². The molecule has 1 amide bonds. The number of carbonyl (C=O) groups excluding carboxylic acids is 1. The molecule has 1 aromatic carbocycles. The molecule has 0 atom stereocenters. The molecule has 128 valence electrons. The van der Waals surface area contributed by atoms with Crippen molar-refractivity contribution in [1.82, 2.24) is 10.5 Å². The van der Waals surface area contributed by atoms with Gasteiger partial charge in [-0.1, -0.05) is 36.2 Å². The van der Waals surface area contributed by atoms with Gasteiger partial charge in [-0.05, 0) is 18.9 Å². The first-order chi connectivity index (χ1) is 11.4. The number of alkyl halides is 3. The quantitative estimate of drug-likeness (QED) is 0.910. The van der Waals surface area contributed by atoms with Crippen molar-refractivity contribution < 1.29 is 22.5 Å². The van der Waals surface area contributed by atoms with E-state index in [-0.39, 0.29) is 29.6 Å². The molecule has 0 radical (unpaired) electrons. The summed E-state index contributed by atoms with van der Waals surface area (Å²) >= 11 is 0. The van der Waals surface area contributed by atoms with Crippen LogP contribution < -0.4 is 5.32 Å². The number of carbonyl (C=O) groups is 1. The largest absolute Gasteiger partial charge is 0.417 e. The number of benzene rings is 1. The molecule has 4 nitrogen and oxygen atoms in total. The molecule has 1 aliphatic carbocycles. The first-order valence-electron chi connectivity index (χ1n) is 7.85. The van der Waals surface area contributed by atoms with Gasteiger partial charge in [-0.3, -0.25) is 4.79 Å². The predicted octanol–water partition coefficient (Wildman–Crippen LogP) is 4.17. The van der Waals surface area contributed by atoms with E-state index in [0.29, 0.717) is 5.76 Å². The van der Waals surface area contributed by atoms with Crippen LogP contribution in [0, 0.1) is 5.92 Å². The Balaban J connectivity index is 1.71. The maximum Gasteiger partial charge on any atom is 0.417 e. The molecule has 1 saturated carbocycles. The zero-order valence-electron chi connectivity index (χ0n) is 12.9. The van der Waals surface area contributed by atoms with Gasteiger partial charge in [-0.15, -0.1) is 0 Å². The molecule has 0 saturated heterocycles. The maximum absolute atomic E-state index is 13.1. The molecular formula is C17H17F3N2O2. The highest BCUT2D eigenvalue weighted by atomic mass is 19.4. The van der Waals surface area contributed by atoms with E-state index in [9.17, 15) is 18.0 Å². The summed E-state index contributed by atoms with van der Waals surface area (Å²) < 4.78 is 44.2. The number of halogens is 3. The minimum Gasteiger partial charge on any atom is -0.359 e. The van der Waals surface area contributed by atoms with Crippen LogP contribution in [-0.4, -0.2) is 11.1 Å². The van der Waals surface area contributed by atoms with Crippen molar-refractivity contribution in [2.75, 3.05) is 0 Å². The molecule has 3 rings (SSSR count). The third-order valence-electron chi connectivity index (χ3n) is 4.23. The smallest absolute Gasteiger partial charge is 0.359 e. The predicted molar refractivity (Wildman–Crippen MR) is 80.7 cm³/mol. The minimum atomic E-state index is -4.47. The third kappa shape index (κ3) is 3.60. The van der Waals surface area contributed by atoms with Crippen LogP contribution in [0.2, 0.25) is 0 Å². The topological polar surface area (TPSA) is 55.1 Å². The molecular weight excluding hydrogens is 321 g/mol. The number of rotatable bonds is 4. The number of hydrogen-bond donors (Lipinski definition) is 1. The molecule has 1 aliphatic rings. The highest BCUT2D eigenvalue weighted by Crippen LogP contribution is 2.36. The van der Waals surface area contributed by atoms with E-state index >= 15 is 0 Å². The lowest BCUT2D eigenvalue weighted by atomic mass is 10.0. The van der Waals surface area contributed by atoms with Crippen molar-refractivity contribution in [1.29, 1.82) is 0 Å². The Labute approximate surface area is 137 Å². The van der Waals surface area contributed by atoms with E-state index in [1.807, 2.05) is 0 Å². The molecule has 0 spiro atoms. The summed E-state index contributed by atoms with van der Waals surface area (Å²) in [5.74, 6) is 0.313. The van der Waals surface area contributed by atoms with Crippen LogP contribution in [0.25, 0.3) is 11.3 Å². The SMILES string of the molecule is O=C(NCc1cc(-c2ccccc2C(F)(F)F)no1)C1CCCC1. The van der Waals surface area contributed by atoms with Crippen LogP contribution in [0.5, 0.6) is 0 Å². The van der Waals surface area contributed by atoms with E-state index in [1.54, 1.807) is 0 Å². The summed E-state index contributed by atoms with van der Waals surface area (Å²) in [6, 6.07) is 6.63. The van der Waals surface area contributed by atoms with Gasteiger partial charge in [0.15, 0.2) is 5.76 Å². The lowest BCUT2D eigenvalue weighted by Gasteiger charge is -2.10. The Morgan fingerprint density at radius 1 is 1.25 bits per heavy atom. The Morgan fingerprint density at radius 2 is 1.96 bits per heavy atom. The van der Waals surface area contributed by atoms with Gasteiger partial charge in [-0.2, -0.15) is 13.2 Å². The Morgan fingerprint density at radius 3 is 2.67 bits per heavy atom. The monoisotopic (exact) mass is 338 g/mol. The van der Waals surface area contributed by atoms with Gasteiger partial charge >= 0.3 is 6.18 Å². The zero-order chi connectivity index (χ0) is 17.2. The van der Waals surface area contributed by atoms with Crippen LogP contribution in [0.4, 0.5) is 13.2 Å². The van der Waals surface area contributed by atoms with Crippen LogP contribution in [-0.2, 0) is 17.5 Å². The fourth-order valence-corrected chi connectivity index (χ4v) is 2.98. The average Bonchev–Trinajstić information content (AvgIpc) is 3.23. The second kappa shape index (κ2) is 6.67. The molecule has 0 aliphatic heterocycles. The molecule has 1 aromatic heterocycles. The van der Waals surface area contributed by atoms with E-state index in [0.717, 1.165) is 31.7 Å². The summed E-state index contributed by atoms with van der Waals surface area (Å²) in [7, 11) is 0. The van der Waals surface area contributed by atoms with Gasteiger partial charge in [0.05, 0.1) is 12.1 Å². The van der Waals surface area contributed by atoms with Crippen molar-refractivity contribution >= 4 is 5.91 Å². The summed E-state index contributed by atoms with van der Waals surface area (Å²) in [5, 5.41) is 6.47. The third-order valence-corrected chi connectivity index (χ3v) is 4.23. The lowest BCUT2D eigenvalue weighted by Crippen LogP contribution is -2.28. The van der Waals surface area contributed by atoms with Gasteiger partial charge < -0.3 is 9.84 Å². The number of hydrogen-bond acceptors (Lipinski definition) is 3. The molecule has 24 heavy (non-hydrogen) atoms. The van der Waals surface area contributed by atoms with Crippen molar-refractivity contribution in [2.24, 2.45) is 5.92 Å². The maximum atomic E-state index is 13.1. The summed E-state index contributed by atoms with van der Waals surface area (Å²) in [5.41, 5.74) is -0.699. The van der Waals surface area contributed by atoms with Crippen LogP contribution >= 0.6 is 0 Å². The standard InChI is InChI=1S/C17H17F3N2O2/c18-17(19,20)14-8-4-3-7-13(14)15-9-12(24-22-15)10-21-16(23)11-5-1-2-6-11/h3-4,7-9,11H,1-2,5-6,10H2,(H,21,23). The molecule has 0 bridgehead atoms. The Bertz CT molecular complexity index is 719. The van der Waals surface area contributed by atoms with Gasteiger partial charge in [-0.25, -0.2) is 0 Å². The molecule has 2 aromatic rings. The summed E-state index contributed by atoms with van der Waals surface area (Å²) in [4.78, 5) is 12.0. The van der Waals surface area contributed by atoms with E-state index < -0.39 is 11.7 Å². The van der Waals surface area contributed by atoms with Crippen LogP contribution in [0.15, 0.2) is 34.9 Å². The fourth-order valence-electron chi connectivity index (χ4n) is 2.98. The van der Waals surface area contributed by atoms with E-state index in [1.165, 1.54) is 24.3 Å². The first kappa shape index (κ1) is 16.5. The minimum absolute atomic E-state index is 0.0262. The van der Waals surface area contributed by atoms with Crippen molar-refractivity contribution in [3.63, 3.8) is 0 Å². The molecule has 7 heteroatoms. The van der Waals surface area contributed by atoms with Crippen molar-refractivity contribution in [3.8, 4) is 11.3 Å². The molecule has 0 unspecified atom stereocenters. The van der Waals surface area contributed by atoms with Crippen molar-refractivity contribution in [3.05, 3.63) is 41.7 Å². The van der Waals surface area contributed by atoms with E-state index in [2.05, 4.69) is 10.5 Å². The lowest BCUT2D eigenvalue weighted by molar-refractivity contribution is -0.137. The van der Waals surface area contributed by atoms with Gasteiger partial charge in [0.25, 0.3) is 0 Å². The number of aromatic nitrogens is 1. The molecule has 1 N–H and O–H groups in total. The second-order valence-corrected chi connectivity index (χ2v) is 5.92. The summed E-state index contributed by atoms with van der Waals surface area (Å²) in [6.07, 6.45) is -0.594.